The minimum Gasteiger partial charge on any atom is -0.398 e. The highest BCUT2D eigenvalue weighted by molar-refractivity contribution is 7.89. The van der Waals surface area contributed by atoms with Crippen molar-refractivity contribution in [2.45, 2.75) is 17.9 Å². The van der Waals surface area contributed by atoms with Gasteiger partial charge in [0.25, 0.3) is 5.69 Å². The lowest BCUT2D eigenvalue weighted by atomic mass is 10.3. The summed E-state index contributed by atoms with van der Waals surface area (Å²) in [6, 6.07) is 2.60. The van der Waals surface area contributed by atoms with Crippen LogP contribution in [0.5, 0.6) is 0 Å². The van der Waals surface area contributed by atoms with Crippen LogP contribution in [0.3, 0.4) is 0 Å². The van der Waals surface area contributed by atoms with Gasteiger partial charge in [-0.2, -0.15) is 0 Å². The van der Waals surface area contributed by atoms with E-state index in [1.165, 1.54) is 6.26 Å². The standard InChI is InChI=1S/C10H15N3O5S2/c1-7(6-19(2)16)12-20(17,18)10-5-8(13(14)15)3-4-9(10)11/h3-5,7,12H,6,11H2,1-2H3. The van der Waals surface area contributed by atoms with Gasteiger partial charge in [0.05, 0.1) is 10.6 Å². The predicted molar refractivity (Wildman–Crippen MR) is 76.2 cm³/mol. The highest BCUT2D eigenvalue weighted by Gasteiger charge is 2.23. The molecule has 0 aromatic heterocycles. The molecule has 0 aliphatic carbocycles. The maximum atomic E-state index is 12.1. The molecule has 0 bridgehead atoms. The number of nitrogens with two attached hydrogens (primary N) is 1. The molecule has 112 valence electrons. The van der Waals surface area contributed by atoms with Crippen molar-refractivity contribution >= 4 is 32.2 Å². The fourth-order valence-electron chi connectivity index (χ4n) is 1.58. The van der Waals surface area contributed by atoms with E-state index in [0.717, 1.165) is 18.2 Å². The molecular weight excluding hydrogens is 306 g/mol. The van der Waals surface area contributed by atoms with Gasteiger partial charge >= 0.3 is 0 Å². The summed E-state index contributed by atoms with van der Waals surface area (Å²) in [5.41, 5.74) is 5.09. The highest BCUT2D eigenvalue weighted by atomic mass is 32.2. The Morgan fingerprint density at radius 3 is 2.60 bits per heavy atom. The second kappa shape index (κ2) is 6.29. The normalized spacial score (nSPS) is 14.7. The van der Waals surface area contributed by atoms with Crippen molar-refractivity contribution in [3.63, 3.8) is 0 Å². The van der Waals surface area contributed by atoms with Crippen molar-refractivity contribution in [1.82, 2.24) is 4.72 Å². The van der Waals surface area contributed by atoms with Gasteiger partial charge in [-0.1, -0.05) is 0 Å². The van der Waals surface area contributed by atoms with E-state index in [-0.39, 0.29) is 22.0 Å². The number of anilines is 1. The Balaban J connectivity index is 3.12. The first-order valence-electron chi connectivity index (χ1n) is 5.49. The van der Waals surface area contributed by atoms with E-state index in [0.29, 0.717) is 0 Å². The third-order valence-electron chi connectivity index (χ3n) is 2.34. The SMILES string of the molecule is CC(CS(C)=O)NS(=O)(=O)c1cc([N+](=O)[O-])ccc1N. The number of nitro benzene ring substituents is 1. The Labute approximate surface area is 119 Å². The molecule has 3 N–H and O–H groups in total. The Morgan fingerprint density at radius 2 is 2.10 bits per heavy atom. The molecule has 1 aromatic carbocycles. The largest absolute Gasteiger partial charge is 0.398 e. The van der Waals surface area contributed by atoms with Gasteiger partial charge in [-0.3, -0.25) is 14.3 Å². The summed E-state index contributed by atoms with van der Waals surface area (Å²) < 4.78 is 37.6. The topological polar surface area (TPSA) is 132 Å². The van der Waals surface area contributed by atoms with Gasteiger partial charge in [0.1, 0.15) is 4.90 Å². The van der Waals surface area contributed by atoms with Crippen molar-refractivity contribution in [1.29, 1.82) is 0 Å². The van der Waals surface area contributed by atoms with E-state index in [4.69, 9.17) is 5.73 Å². The fourth-order valence-corrected chi connectivity index (χ4v) is 3.87. The van der Waals surface area contributed by atoms with E-state index in [9.17, 15) is 22.7 Å². The Hall–Kier alpha value is -1.52. The molecule has 0 saturated heterocycles. The van der Waals surface area contributed by atoms with E-state index in [1.807, 2.05) is 0 Å². The van der Waals surface area contributed by atoms with Gasteiger partial charge in [0, 0.05) is 41.0 Å². The van der Waals surface area contributed by atoms with Gasteiger partial charge in [-0.15, -0.1) is 0 Å². The molecule has 0 radical (unpaired) electrons. The van der Waals surface area contributed by atoms with E-state index in [2.05, 4.69) is 4.72 Å². The van der Waals surface area contributed by atoms with Crippen LogP contribution in [0.15, 0.2) is 23.1 Å². The first kappa shape index (κ1) is 16.5. The van der Waals surface area contributed by atoms with E-state index < -0.39 is 31.8 Å². The number of benzene rings is 1. The zero-order valence-electron chi connectivity index (χ0n) is 10.9. The van der Waals surface area contributed by atoms with Crippen LogP contribution in [0.25, 0.3) is 0 Å². The lowest BCUT2D eigenvalue weighted by Crippen LogP contribution is -2.36. The number of rotatable bonds is 6. The third-order valence-corrected chi connectivity index (χ3v) is 4.95. The van der Waals surface area contributed by atoms with E-state index in [1.54, 1.807) is 6.92 Å². The monoisotopic (exact) mass is 321 g/mol. The molecule has 8 nitrogen and oxygen atoms in total. The number of sulfonamides is 1. The first-order chi connectivity index (χ1) is 9.13. The van der Waals surface area contributed by atoms with Crippen LogP contribution in [0, 0.1) is 10.1 Å². The summed E-state index contributed by atoms with van der Waals surface area (Å²) in [6.07, 6.45) is 1.45. The summed E-state index contributed by atoms with van der Waals surface area (Å²) in [5.74, 6) is 0.133. The Morgan fingerprint density at radius 1 is 1.50 bits per heavy atom. The second-order valence-corrected chi connectivity index (χ2v) is 7.40. The van der Waals surface area contributed by atoms with Gasteiger partial charge in [-0.25, -0.2) is 13.1 Å². The van der Waals surface area contributed by atoms with Crippen LogP contribution in [0.2, 0.25) is 0 Å². The summed E-state index contributed by atoms with van der Waals surface area (Å²) in [7, 11) is -5.18. The van der Waals surface area contributed by atoms with Crippen molar-refractivity contribution in [2.75, 3.05) is 17.7 Å². The Bertz CT molecular complexity index is 644. The lowest BCUT2D eigenvalue weighted by molar-refractivity contribution is -0.385. The van der Waals surface area contributed by atoms with Crippen LogP contribution in [-0.4, -0.2) is 35.6 Å². The summed E-state index contributed by atoms with van der Waals surface area (Å²) in [6.45, 7) is 1.55. The van der Waals surface area contributed by atoms with Crippen LogP contribution in [0.4, 0.5) is 11.4 Å². The predicted octanol–water partition coefficient (Wildman–Crippen LogP) is 0.222. The molecular formula is C10H15N3O5S2. The number of non-ortho nitro benzene ring substituents is 1. The molecule has 20 heavy (non-hydrogen) atoms. The second-order valence-electron chi connectivity index (χ2n) is 4.24. The number of hydrogen-bond acceptors (Lipinski definition) is 6. The molecule has 1 rings (SSSR count). The van der Waals surface area contributed by atoms with Gasteiger partial charge in [0.2, 0.25) is 10.0 Å². The van der Waals surface area contributed by atoms with Crippen LogP contribution in [0.1, 0.15) is 6.92 Å². The smallest absolute Gasteiger partial charge is 0.270 e. The first-order valence-corrected chi connectivity index (χ1v) is 8.71. The molecule has 1 aromatic rings. The van der Waals surface area contributed by atoms with Crippen LogP contribution >= 0.6 is 0 Å². The molecule has 10 heteroatoms. The molecule has 0 saturated carbocycles. The zero-order valence-corrected chi connectivity index (χ0v) is 12.5. The minimum atomic E-state index is -4.01. The van der Waals surface area contributed by atoms with Gasteiger partial charge in [0.15, 0.2) is 0 Å². The van der Waals surface area contributed by atoms with Gasteiger partial charge < -0.3 is 5.73 Å². The average molecular weight is 321 g/mol. The molecule has 0 heterocycles. The average Bonchev–Trinajstić information content (AvgIpc) is 2.26. The fraction of sp³-hybridized carbons (Fsp3) is 0.400. The quantitative estimate of drug-likeness (QED) is 0.437. The molecule has 0 aliphatic heterocycles. The van der Waals surface area contributed by atoms with Crippen molar-refractivity contribution in [3.8, 4) is 0 Å². The van der Waals surface area contributed by atoms with Crippen molar-refractivity contribution in [2.24, 2.45) is 0 Å². The van der Waals surface area contributed by atoms with Crippen LogP contribution in [-0.2, 0) is 20.8 Å². The van der Waals surface area contributed by atoms with Crippen LogP contribution < -0.4 is 10.5 Å². The van der Waals surface area contributed by atoms with Gasteiger partial charge in [-0.05, 0) is 13.0 Å². The summed E-state index contributed by atoms with van der Waals surface area (Å²) >= 11 is 0. The van der Waals surface area contributed by atoms with Crippen molar-refractivity contribution in [3.05, 3.63) is 28.3 Å². The molecule has 0 fully saturated rings. The molecule has 2 unspecified atom stereocenters. The van der Waals surface area contributed by atoms with E-state index >= 15 is 0 Å². The number of nitrogens with one attached hydrogen (secondary N) is 1. The zero-order chi connectivity index (χ0) is 15.5. The minimum absolute atomic E-state index is 0.0899. The Kier molecular flexibility index (Phi) is 5.20. The maximum absolute atomic E-state index is 12.1. The number of hydrogen-bond donors (Lipinski definition) is 2. The molecule has 0 amide bonds. The summed E-state index contributed by atoms with van der Waals surface area (Å²) in [4.78, 5) is 9.60. The molecule has 0 aliphatic rings. The molecule has 0 spiro atoms. The maximum Gasteiger partial charge on any atom is 0.270 e. The highest BCUT2D eigenvalue weighted by Crippen LogP contribution is 2.24. The third kappa shape index (κ3) is 4.25. The summed E-state index contributed by atoms with van der Waals surface area (Å²) in [5, 5.41) is 10.7. The number of nitrogens with zero attached hydrogens (tertiary/aromatic N) is 1. The lowest BCUT2D eigenvalue weighted by Gasteiger charge is -2.14. The number of nitrogen functional groups attached to an aromatic ring is 1. The van der Waals surface area contributed by atoms with Crippen molar-refractivity contribution < 1.29 is 17.6 Å². The molecule has 2 atom stereocenters. The number of nitro groups is 1.